The monoisotopic (exact) mass is 263 g/mol. The van der Waals surface area contributed by atoms with Crippen LogP contribution in [0.2, 0.25) is 14.8 Å². The molecule has 0 radical (unpaired) electrons. The van der Waals surface area contributed by atoms with E-state index in [4.69, 9.17) is 0 Å². The molecule has 1 saturated heterocycles. The van der Waals surface area contributed by atoms with Crippen molar-refractivity contribution in [2.45, 2.75) is 34.1 Å². The second-order valence-corrected chi connectivity index (χ2v) is 20.4. The molecule has 11 heavy (non-hydrogen) atoms. The normalized spacial score (nSPS) is 22.1. The van der Waals surface area contributed by atoms with Gasteiger partial charge in [0.2, 0.25) is 0 Å². The number of hydrogen-bond acceptors (Lipinski definition) is 1. The van der Waals surface area contributed by atoms with Gasteiger partial charge in [0, 0.05) is 0 Å². The third-order valence-corrected chi connectivity index (χ3v) is 6.13. The average Bonchev–Trinajstić information content (AvgIpc) is 1.85. The van der Waals surface area contributed by atoms with E-state index < -0.39 is 18.4 Å². The molecule has 0 aliphatic carbocycles. The van der Waals surface area contributed by atoms with Crippen molar-refractivity contribution in [1.82, 2.24) is 4.90 Å². The third-order valence-electron chi connectivity index (χ3n) is 2.15. The molecule has 1 heterocycles. The van der Waals surface area contributed by atoms with Crippen LogP contribution in [-0.2, 0) is 0 Å². The van der Waals surface area contributed by atoms with Gasteiger partial charge in [-0.05, 0) is 0 Å². The zero-order valence-corrected chi connectivity index (χ0v) is 11.0. The standard InChI is InChI=1S/C6H12N.3CH3.Sn/c1-7-5-3-2-4-6-7;;;;/h1-6H2;3*1H3;. The van der Waals surface area contributed by atoms with E-state index in [1.54, 1.807) is 0 Å². The van der Waals surface area contributed by atoms with E-state index in [1.165, 1.54) is 36.9 Å². The van der Waals surface area contributed by atoms with Crippen molar-refractivity contribution < 1.29 is 0 Å². The summed E-state index contributed by atoms with van der Waals surface area (Å²) in [5.41, 5.74) is 0. The number of piperidine rings is 1. The Hall–Kier alpha value is 0.759. The first-order valence-electron chi connectivity index (χ1n) is 4.80. The zero-order valence-electron chi connectivity index (χ0n) is 8.19. The van der Waals surface area contributed by atoms with Gasteiger partial charge in [0.15, 0.2) is 0 Å². The Labute approximate surface area is 75.0 Å². The van der Waals surface area contributed by atoms with Gasteiger partial charge < -0.3 is 0 Å². The first-order chi connectivity index (χ1) is 5.08. The fourth-order valence-corrected chi connectivity index (χ4v) is 6.52. The van der Waals surface area contributed by atoms with E-state index in [0.717, 1.165) is 0 Å². The predicted octanol–water partition coefficient (Wildman–Crippen LogP) is 2.35. The van der Waals surface area contributed by atoms with E-state index in [9.17, 15) is 0 Å². The van der Waals surface area contributed by atoms with Crippen molar-refractivity contribution in [3.63, 3.8) is 0 Å². The Bertz CT molecular complexity index is 111. The van der Waals surface area contributed by atoms with E-state index in [0.29, 0.717) is 0 Å². The Morgan fingerprint density at radius 1 is 1.00 bits per heavy atom. The first kappa shape index (κ1) is 9.84. The van der Waals surface area contributed by atoms with Gasteiger partial charge in [-0.3, -0.25) is 0 Å². The first-order valence-corrected chi connectivity index (χ1v) is 15.4. The molecule has 1 aliphatic rings. The molecule has 66 valence electrons. The van der Waals surface area contributed by atoms with Gasteiger partial charge >= 0.3 is 75.0 Å². The Balaban J connectivity index is 2.24. The molecule has 2 heteroatoms. The van der Waals surface area contributed by atoms with Crippen LogP contribution < -0.4 is 0 Å². The van der Waals surface area contributed by atoms with E-state index in [-0.39, 0.29) is 0 Å². The summed E-state index contributed by atoms with van der Waals surface area (Å²) in [7, 11) is 0. The number of rotatable bonds is 2. The van der Waals surface area contributed by atoms with Crippen LogP contribution in [0.1, 0.15) is 19.3 Å². The molecule has 0 bridgehead atoms. The second-order valence-electron chi connectivity index (χ2n) is 4.90. The van der Waals surface area contributed by atoms with Crippen LogP contribution in [-0.4, -0.2) is 40.9 Å². The van der Waals surface area contributed by atoms with E-state index in [2.05, 4.69) is 19.7 Å². The van der Waals surface area contributed by atoms with Crippen LogP contribution in [0, 0.1) is 0 Å². The number of likely N-dealkylation sites (tertiary alicyclic amines) is 1. The predicted molar refractivity (Wildman–Crippen MR) is 53.6 cm³/mol. The fraction of sp³-hybridized carbons (Fsp3) is 1.00. The van der Waals surface area contributed by atoms with Gasteiger partial charge in [0.1, 0.15) is 0 Å². The van der Waals surface area contributed by atoms with Crippen molar-refractivity contribution in [3.05, 3.63) is 0 Å². The minimum absolute atomic E-state index is 1.38. The molecule has 0 unspecified atom stereocenters. The summed E-state index contributed by atoms with van der Waals surface area (Å²) in [5, 5.41) is 0. The molecule has 1 rings (SSSR count). The molecule has 0 amide bonds. The topological polar surface area (TPSA) is 3.24 Å². The van der Waals surface area contributed by atoms with Gasteiger partial charge in [-0.25, -0.2) is 0 Å². The molecule has 1 nitrogen and oxygen atoms in total. The number of nitrogens with zero attached hydrogens (tertiary/aromatic N) is 1. The zero-order chi connectivity index (χ0) is 8.32. The van der Waals surface area contributed by atoms with Crippen LogP contribution in [0.15, 0.2) is 0 Å². The third kappa shape index (κ3) is 4.36. The Morgan fingerprint density at radius 3 is 2.00 bits per heavy atom. The van der Waals surface area contributed by atoms with Gasteiger partial charge in [-0.2, -0.15) is 0 Å². The molecule has 0 spiro atoms. The van der Waals surface area contributed by atoms with E-state index >= 15 is 0 Å². The van der Waals surface area contributed by atoms with Crippen LogP contribution in [0.3, 0.4) is 0 Å². The van der Waals surface area contributed by atoms with Crippen molar-refractivity contribution >= 4 is 18.4 Å². The molecule has 1 aliphatic heterocycles. The molecule has 0 aromatic heterocycles. The van der Waals surface area contributed by atoms with Crippen LogP contribution in [0.25, 0.3) is 0 Å². The molecule has 0 aromatic rings. The van der Waals surface area contributed by atoms with Crippen molar-refractivity contribution in [2.24, 2.45) is 0 Å². The van der Waals surface area contributed by atoms with E-state index in [1.807, 2.05) is 0 Å². The Kier molecular flexibility index (Phi) is 3.69. The SMILES string of the molecule is [CH3][Sn]([CH3])([CH3])[CH2]N1CCCCC1. The van der Waals surface area contributed by atoms with Gasteiger partial charge in [-0.15, -0.1) is 0 Å². The second kappa shape index (κ2) is 4.13. The molecular formula is C9H21NSn. The molecule has 1 fully saturated rings. The molecule has 0 aromatic carbocycles. The maximum absolute atomic E-state index is 2.69. The van der Waals surface area contributed by atoms with Gasteiger partial charge in [0.25, 0.3) is 0 Å². The summed E-state index contributed by atoms with van der Waals surface area (Å²) in [4.78, 5) is 10.3. The van der Waals surface area contributed by atoms with Crippen molar-refractivity contribution in [3.8, 4) is 0 Å². The summed E-state index contributed by atoms with van der Waals surface area (Å²) in [6.07, 6.45) is 4.36. The summed E-state index contributed by atoms with van der Waals surface area (Å²) >= 11 is -1.49. The molecule has 0 atom stereocenters. The van der Waals surface area contributed by atoms with Crippen LogP contribution in [0.5, 0.6) is 0 Å². The summed E-state index contributed by atoms with van der Waals surface area (Å²) in [6.45, 7) is 2.77. The average molecular weight is 262 g/mol. The summed E-state index contributed by atoms with van der Waals surface area (Å²) in [5.74, 6) is 0. The van der Waals surface area contributed by atoms with Crippen molar-refractivity contribution in [1.29, 1.82) is 0 Å². The van der Waals surface area contributed by atoms with Crippen LogP contribution >= 0.6 is 0 Å². The molecule has 0 N–H and O–H groups in total. The Morgan fingerprint density at radius 2 is 1.55 bits per heavy atom. The fourth-order valence-electron chi connectivity index (χ4n) is 1.79. The molecular weight excluding hydrogens is 241 g/mol. The summed E-state index contributed by atoms with van der Waals surface area (Å²) < 4.78 is 1.48. The quantitative estimate of drug-likeness (QED) is 0.690. The van der Waals surface area contributed by atoms with Crippen LogP contribution in [0.4, 0.5) is 0 Å². The van der Waals surface area contributed by atoms with Gasteiger partial charge in [0.05, 0.1) is 0 Å². The van der Waals surface area contributed by atoms with Crippen molar-refractivity contribution in [2.75, 3.05) is 17.7 Å². The number of hydrogen-bond donors (Lipinski definition) is 0. The molecule has 0 saturated carbocycles. The van der Waals surface area contributed by atoms with Gasteiger partial charge in [-0.1, -0.05) is 0 Å². The minimum atomic E-state index is -1.49. The maximum atomic E-state index is 2.69. The summed E-state index contributed by atoms with van der Waals surface area (Å²) in [6, 6.07) is 0.